The maximum atomic E-state index is 13.7. The SMILES string of the molecule is CCOC(=O)c1c(S(=O)(=O)N2CCC[C@H](C(=O)Nc3ccc(C)cc3C)C2)c(C)n(C)c1C. The Morgan fingerprint density at radius 1 is 1.15 bits per heavy atom. The Morgan fingerprint density at radius 3 is 2.48 bits per heavy atom. The molecule has 33 heavy (non-hydrogen) atoms. The summed E-state index contributed by atoms with van der Waals surface area (Å²) in [5, 5.41) is 2.95. The van der Waals surface area contributed by atoms with E-state index in [-0.39, 0.29) is 29.5 Å². The number of piperidine rings is 1. The number of nitrogens with one attached hydrogen (secondary N) is 1. The summed E-state index contributed by atoms with van der Waals surface area (Å²) >= 11 is 0. The zero-order valence-electron chi connectivity index (χ0n) is 20.2. The third kappa shape index (κ3) is 4.84. The Kier molecular flexibility index (Phi) is 7.33. The highest BCUT2D eigenvalue weighted by Gasteiger charge is 2.39. The van der Waals surface area contributed by atoms with E-state index in [1.807, 2.05) is 32.0 Å². The summed E-state index contributed by atoms with van der Waals surface area (Å²) in [5.41, 5.74) is 3.86. The van der Waals surface area contributed by atoms with Crippen LogP contribution in [0.2, 0.25) is 0 Å². The number of carbonyl (C=O) groups is 2. The van der Waals surface area contributed by atoms with Crippen LogP contribution in [-0.2, 0) is 26.6 Å². The van der Waals surface area contributed by atoms with Gasteiger partial charge in [-0.05, 0) is 59.1 Å². The first-order valence-corrected chi connectivity index (χ1v) is 12.6. The summed E-state index contributed by atoms with van der Waals surface area (Å²) in [7, 11) is -2.28. The van der Waals surface area contributed by atoms with Crippen LogP contribution < -0.4 is 5.32 Å². The van der Waals surface area contributed by atoms with Crippen LogP contribution in [-0.4, -0.2) is 48.9 Å². The van der Waals surface area contributed by atoms with E-state index in [1.54, 1.807) is 32.4 Å². The Bertz CT molecular complexity index is 1180. The predicted molar refractivity (Wildman–Crippen MR) is 127 cm³/mol. The van der Waals surface area contributed by atoms with Crippen molar-refractivity contribution in [2.24, 2.45) is 13.0 Å². The summed E-state index contributed by atoms with van der Waals surface area (Å²) in [6, 6.07) is 5.78. The smallest absolute Gasteiger partial charge is 0.341 e. The van der Waals surface area contributed by atoms with Gasteiger partial charge in [0.15, 0.2) is 0 Å². The average Bonchev–Trinajstić information content (AvgIpc) is 3.00. The van der Waals surface area contributed by atoms with E-state index in [1.165, 1.54) is 4.31 Å². The van der Waals surface area contributed by atoms with Gasteiger partial charge in [0, 0.05) is 37.2 Å². The number of aromatic nitrogens is 1. The number of benzene rings is 1. The molecule has 1 aliphatic heterocycles. The first kappa shape index (κ1) is 25.0. The molecule has 9 heteroatoms. The zero-order chi connectivity index (χ0) is 24.5. The lowest BCUT2D eigenvalue weighted by Gasteiger charge is -2.31. The molecule has 0 saturated carbocycles. The number of anilines is 1. The Labute approximate surface area is 196 Å². The molecule has 0 bridgehead atoms. The number of esters is 1. The minimum Gasteiger partial charge on any atom is -0.462 e. The Balaban J connectivity index is 1.88. The van der Waals surface area contributed by atoms with Gasteiger partial charge in [0.05, 0.1) is 12.5 Å². The maximum Gasteiger partial charge on any atom is 0.341 e. The number of rotatable bonds is 6. The molecule has 0 unspecified atom stereocenters. The fourth-order valence-corrected chi connectivity index (χ4v) is 6.37. The van der Waals surface area contributed by atoms with Crippen LogP contribution in [0.1, 0.15) is 52.6 Å². The van der Waals surface area contributed by atoms with Gasteiger partial charge < -0.3 is 14.6 Å². The summed E-state index contributed by atoms with van der Waals surface area (Å²) in [6.45, 7) is 9.49. The second-order valence-electron chi connectivity index (χ2n) is 8.66. The van der Waals surface area contributed by atoms with Crippen molar-refractivity contribution in [1.29, 1.82) is 0 Å². The minimum absolute atomic E-state index is 0.0311. The Morgan fingerprint density at radius 2 is 1.85 bits per heavy atom. The van der Waals surface area contributed by atoms with Crippen LogP contribution in [0.15, 0.2) is 23.1 Å². The first-order chi connectivity index (χ1) is 15.5. The molecule has 0 aliphatic carbocycles. The summed E-state index contributed by atoms with van der Waals surface area (Å²) in [6.07, 6.45) is 1.16. The largest absolute Gasteiger partial charge is 0.462 e. The summed E-state index contributed by atoms with van der Waals surface area (Å²) in [5.74, 6) is -1.34. The number of aryl methyl sites for hydroxylation is 2. The van der Waals surface area contributed by atoms with Gasteiger partial charge in [-0.25, -0.2) is 13.2 Å². The number of ether oxygens (including phenoxy) is 1. The summed E-state index contributed by atoms with van der Waals surface area (Å²) in [4.78, 5) is 25.6. The minimum atomic E-state index is -4.01. The number of nitrogens with zero attached hydrogens (tertiary/aromatic N) is 2. The average molecular weight is 476 g/mol. The second-order valence-corrected chi connectivity index (χ2v) is 10.5. The van der Waals surface area contributed by atoms with Crippen LogP contribution in [0.3, 0.4) is 0 Å². The van der Waals surface area contributed by atoms with E-state index >= 15 is 0 Å². The van der Waals surface area contributed by atoms with E-state index in [4.69, 9.17) is 4.74 Å². The van der Waals surface area contributed by atoms with E-state index in [9.17, 15) is 18.0 Å². The van der Waals surface area contributed by atoms with Crippen molar-refractivity contribution in [3.63, 3.8) is 0 Å². The molecule has 1 atom stereocenters. The molecule has 0 radical (unpaired) electrons. The van der Waals surface area contributed by atoms with Crippen molar-refractivity contribution >= 4 is 27.6 Å². The molecule has 0 spiro atoms. The van der Waals surface area contributed by atoms with Crippen molar-refractivity contribution < 1.29 is 22.7 Å². The third-order valence-electron chi connectivity index (χ3n) is 6.40. The van der Waals surface area contributed by atoms with Crippen LogP contribution in [0.4, 0.5) is 5.69 Å². The highest BCUT2D eigenvalue weighted by molar-refractivity contribution is 7.89. The molecule has 1 aromatic heterocycles. The molecule has 8 nitrogen and oxygen atoms in total. The lowest BCUT2D eigenvalue weighted by atomic mass is 9.98. The number of sulfonamides is 1. The molecule has 1 aromatic carbocycles. The molecule has 1 N–H and O–H groups in total. The van der Waals surface area contributed by atoms with Crippen molar-refractivity contribution in [3.05, 3.63) is 46.3 Å². The lowest BCUT2D eigenvalue weighted by Crippen LogP contribution is -2.44. The normalized spacial score (nSPS) is 17.1. The standard InChI is InChI=1S/C24H33N3O5S/c1-7-32-24(29)21-17(4)26(6)18(5)22(21)33(30,31)27-12-8-9-19(14-27)23(28)25-20-11-10-15(2)13-16(20)3/h10-11,13,19H,7-9,12,14H2,1-6H3,(H,25,28)/t19-/m0/s1. The molecular weight excluding hydrogens is 442 g/mol. The molecule has 2 heterocycles. The highest BCUT2D eigenvalue weighted by Crippen LogP contribution is 2.32. The molecule has 1 amide bonds. The van der Waals surface area contributed by atoms with Gasteiger partial charge in [0.25, 0.3) is 0 Å². The van der Waals surface area contributed by atoms with Crippen LogP contribution in [0, 0.1) is 33.6 Å². The quantitative estimate of drug-likeness (QED) is 0.645. The predicted octanol–water partition coefficient (Wildman–Crippen LogP) is 3.47. The molecule has 180 valence electrons. The second kappa shape index (κ2) is 9.69. The van der Waals surface area contributed by atoms with Gasteiger partial charge in [-0.15, -0.1) is 0 Å². The van der Waals surface area contributed by atoms with Crippen LogP contribution in [0.25, 0.3) is 0 Å². The van der Waals surface area contributed by atoms with E-state index in [0.717, 1.165) is 16.8 Å². The van der Waals surface area contributed by atoms with Gasteiger partial charge in [0.1, 0.15) is 10.5 Å². The number of carbonyl (C=O) groups excluding carboxylic acids is 2. The zero-order valence-corrected chi connectivity index (χ0v) is 21.0. The van der Waals surface area contributed by atoms with E-state index in [0.29, 0.717) is 30.8 Å². The van der Waals surface area contributed by atoms with Crippen molar-refractivity contribution in [2.75, 3.05) is 25.0 Å². The molecule has 1 aliphatic rings. The summed E-state index contributed by atoms with van der Waals surface area (Å²) < 4.78 is 35.5. The number of hydrogen-bond acceptors (Lipinski definition) is 5. The molecular formula is C24H33N3O5S. The topological polar surface area (TPSA) is 97.7 Å². The number of amides is 1. The molecule has 1 saturated heterocycles. The van der Waals surface area contributed by atoms with E-state index < -0.39 is 21.9 Å². The van der Waals surface area contributed by atoms with Crippen LogP contribution >= 0.6 is 0 Å². The van der Waals surface area contributed by atoms with Gasteiger partial charge in [-0.1, -0.05) is 17.7 Å². The van der Waals surface area contributed by atoms with Crippen molar-refractivity contribution in [1.82, 2.24) is 8.87 Å². The lowest BCUT2D eigenvalue weighted by molar-refractivity contribution is -0.120. The number of hydrogen-bond donors (Lipinski definition) is 1. The van der Waals surface area contributed by atoms with Gasteiger partial charge in [0.2, 0.25) is 15.9 Å². The van der Waals surface area contributed by atoms with Crippen LogP contribution in [0.5, 0.6) is 0 Å². The highest BCUT2D eigenvalue weighted by atomic mass is 32.2. The van der Waals surface area contributed by atoms with Gasteiger partial charge in [-0.3, -0.25) is 4.79 Å². The van der Waals surface area contributed by atoms with Crippen molar-refractivity contribution in [3.8, 4) is 0 Å². The maximum absolute atomic E-state index is 13.7. The molecule has 3 rings (SSSR count). The first-order valence-electron chi connectivity index (χ1n) is 11.2. The fourth-order valence-electron chi connectivity index (χ4n) is 4.37. The van der Waals surface area contributed by atoms with Gasteiger partial charge in [-0.2, -0.15) is 4.31 Å². The monoisotopic (exact) mass is 475 g/mol. The third-order valence-corrected chi connectivity index (χ3v) is 8.42. The Hall–Kier alpha value is -2.65. The van der Waals surface area contributed by atoms with Gasteiger partial charge >= 0.3 is 5.97 Å². The van der Waals surface area contributed by atoms with Crippen molar-refractivity contribution in [2.45, 2.75) is 52.4 Å². The molecule has 1 fully saturated rings. The molecule has 2 aromatic rings. The fraction of sp³-hybridized carbons (Fsp3) is 0.500. The van der Waals surface area contributed by atoms with E-state index in [2.05, 4.69) is 5.32 Å².